The van der Waals surface area contributed by atoms with Gasteiger partial charge in [-0.15, -0.1) is 0 Å². The fraction of sp³-hybridized carbons (Fsp3) is 0.167. The number of alkyl halides is 3. The van der Waals surface area contributed by atoms with E-state index in [-0.39, 0.29) is 17.8 Å². The normalized spacial score (nSPS) is 15.8. The molecule has 48 heavy (non-hydrogen) atoms. The van der Waals surface area contributed by atoms with Crippen LogP contribution in [0.15, 0.2) is 109 Å². The largest absolute Gasteiger partial charge is 0.491 e. The van der Waals surface area contributed by atoms with Gasteiger partial charge in [-0.3, -0.25) is 19.3 Å². The summed E-state index contributed by atoms with van der Waals surface area (Å²) in [4.78, 5) is 57.0. The van der Waals surface area contributed by atoms with Crippen LogP contribution in [0.3, 0.4) is 0 Å². The fourth-order valence-corrected chi connectivity index (χ4v) is 5.40. The summed E-state index contributed by atoms with van der Waals surface area (Å²) in [7, 11) is 0. The number of anilines is 2. The second-order valence-electron chi connectivity index (χ2n) is 10.7. The lowest BCUT2D eigenvalue weighted by Gasteiger charge is -2.37. The molecule has 244 valence electrons. The highest BCUT2D eigenvalue weighted by Gasteiger charge is 2.47. The van der Waals surface area contributed by atoms with Gasteiger partial charge in [0, 0.05) is 17.8 Å². The van der Waals surface area contributed by atoms with E-state index in [9.17, 15) is 32.3 Å². The predicted molar refractivity (Wildman–Crippen MR) is 175 cm³/mol. The van der Waals surface area contributed by atoms with Crippen molar-refractivity contribution >= 4 is 47.8 Å². The Balaban J connectivity index is 1.76. The maximum atomic E-state index is 14.9. The maximum absolute atomic E-state index is 14.9. The van der Waals surface area contributed by atoms with Crippen LogP contribution in [0.1, 0.15) is 45.6 Å². The molecule has 2 N–H and O–H groups in total. The Morgan fingerprint density at radius 1 is 0.896 bits per heavy atom. The highest BCUT2D eigenvalue weighted by atomic mass is 32.1. The van der Waals surface area contributed by atoms with Crippen LogP contribution in [0.4, 0.5) is 24.5 Å². The number of hydrogen-bond donors (Lipinski definition) is 2. The highest BCUT2D eigenvalue weighted by molar-refractivity contribution is 7.81. The van der Waals surface area contributed by atoms with E-state index < -0.39 is 53.7 Å². The lowest BCUT2D eigenvalue weighted by atomic mass is 9.95. The maximum Gasteiger partial charge on any atom is 0.491 e. The number of rotatable bonds is 7. The van der Waals surface area contributed by atoms with E-state index in [4.69, 9.17) is 5.73 Å². The zero-order valence-corrected chi connectivity index (χ0v) is 26.0. The average molecular weight is 672 g/mol. The van der Waals surface area contributed by atoms with Gasteiger partial charge in [-0.2, -0.15) is 25.8 Å². The minimum Gasteiger partial charge on any atom is -0.386 e. The van der Waals surface area contributed by atoms with E-state index in [0.717, 1.165) is 4.90 Å². The average Bonchev–Trinajstić information content (AvgIpc) is 3.18. The van der Waals surface area contributed by atoms with E-state index >= 15 is 0 Å². The number of para-hydroxylation sites is 1. The molecule has 0 saturated carbocycles. The van der Waals surface area contributed by atoms with Crippen molar-refractivity contribution in [2.45, 2.75) is 29.9 Å². The van der Waals surface area contributed by atoms with Gasteiger partial charge in [-0.1, -0.05) is 90.7 Å². The van der Waals surface area contributed by atoms with Gasteiger partial charge in [-0.25, -0.2) is 4.79 Å². The SMILES string of the molecule is NCC(S)C#Cc1ccc2c(c1)C(=O)N(C(CC(=O)OC(=O)C(F)(F)F)c1ccccc1)C(c1ccccc1)C(=O)N2c1ccccc1. The topological polar surface area (TPSA) is 110 Å². The number of nitrogens with two attached hydrogens (primary N) is 1. The molecule has 1 heterocycles. The number of carbonyl (C=O) groups excluding carboxylic acids is 4. The summed E-state index contributed by atoms with van der Waals surface area (Å²) >= 11 is 4.31. The summed E-state index contributed by atoms with van der Waals surface area (Å²) in [6.07, 6.45) is -6.31. The van der Waals surface area contributed by atoms with Crippen molar-refractivity contribution in [2.24, 2.45) is 5.73 Å². The first-order valence-corrected chi connectivity index (χ1v) is 15.2. The molecular formula is C36H28F3N3O5S. The van der Waals surface area contributed by atoms with Gasteiger partial charge in [-0.05, 0) is 41.5 Å². The third kappa shape index (κ3) is 7.43. The highest BCUT2D eigenvalue weighted by Crippen LogP contribution is 2.43. The molecule has 0 saturated heterocycles. The van der Waals surface area contributed by atoms with Crippen molar-refractivity contribution in [3.63, 3.8) is 0 Å². The number of nitrogens with zero attached hydrogens (tertiary/aromatic N) is 2. The molecule has 1 aliphatic heterocycles. The van der Waals surface area contributed by atoms with Crippen LogP contribution in [0, 0.1) is 11.8 Å². The molecule has 4 aromatic carbocycles. The van der Waals surface area contributed by atoms with E-state index in [0.29, 0.717) is 22.4 Å². The van der Waals surface area contributed by atoms with Gasteiger partial charge in [0.15, 0.2) is 0 Å². The molecule has 5 rings (SSSR count). The molecule has 0 aromatic heterocycles. The molecule has 2 amide bonds. The first-order chi connectivity index (χ1) is 23.0. The summed E-state index contributed by atoms with van der Waals surface area (Å²) in [5.41, 5.74) is 7.41. The van der Waals surface area contributed by atoms with Gasteiger partial charge in [0.2, 0.25) is 0 Å². The number of hydrogen-bond acceptors (Lipinski definition) is 7. The fourth-order valence-electron chi connectivity index (χ4n) is 5.34. The van der Waals surface area contributed by atoms with Gasteiger partial charge < -0.3 is 15.4 Å². The van der Waals surface area contributed by atoms with Crippen LogP contribution < -0.4 is 10.6 Å². The second kappa shape index (κ2) is 14.6. The number of esters is 2. The zero-order chi connectivity index (χ0) is 34.4. The molecule has 8 nitrogen and oxygen atoms in total. The third-order valence-corrected chi connectivity index (χ3v) is 7.83. The summed E-state index contributed by atoms with van der Waals surface area (Å²) in [6, 6.07) is 26.9. The Labute approximate surface area is 279 Å². The number of halogens is 3. The van der Waals surface area contributed by atoms with Crippen molar-refractivity contribution < 1.29 is 37.1 Å². The number of ether oxygens (including phenoxy) is 1. The van der Waals surface area contributed by atoms with E-state index in [1.165, 1.54) is 11.0 Å². The zero-order valence-electron chi connectivity index (χ0n) is 25.1. The Bertz CT molecular complexity index is 1880. The number of benzene rings is 4. The van der Waals surface area contributed by atoms with Crippen molar-refractivity contribution in [1.29, 1.82) is 0 Å². The van der Waals surface area contributed by atoms with Crippen LogP contribution in [0.5, 0.6) is 0 Å². The minimum atomic E-state index is -5.43. The molecule has 0 radical (unpaired) electrons. The van der Waals surface area contributed by atoms with Crippen molar-refractivity contribution in [3.8, 4) is 11.8 Å². The van der Waals surface area contributed by atoms with Crippen LogP contribution in [0.2, 0.25) is 0 Å². The standard InChI is InChI=1S/C36H28F3N3O5S/c37-36(38,39)35(46)47-31(43)21-30(24-10-4-1-5-11-24)42-32(25-12-6-2-7-13-25)34(45)41(26-14-8-3-9-15-26)29-19-17-23(16-18-27(48)22-40)20-28(29)33(42)44/h1-15,17,19-20,27,30,32,48H,21-22,40H2. The number of amides is 2. The van der Waals surface area contributed by atoms with Gasteiger partial charge >= 0.3 is 18.1 Å². The van der Waals surface area contributed by atoms with E-state index in [2.05, 4.69) is 29.2 Å². The monoisotopic (exact) mass is 671 g/mol. The first-order valence-electron chi connectivity index (χ1n) is 14.7. The van der Waals surface area contributed by atoms with Crippen LogP contribution in [-0.2, 0) is 19.1 Å². The van der Waals surface area contributed by atoms with Gasteiger partial charge in [0.1, 0.15) is 6.04 Å². The predicted octanol–water partition coefficient (Wildman–Crippen LogP) is 5.92. The Morgan fingerprint density at radius 2 is 1.50 bits per heavy atom. The summed E-state index contributed by atoms with van der Waals surface area (Å²) < 4.78 is 43.3. The molecule has 1 aliphatic rings. The van der Waals surface area contributed by atoms with Crippen molar-refractivity contribution in [3.05, 3.63) is 131 Å². The Morgan fingerprint density at radius 3 is 2.10 bits per heavy atom. The molecule has 0 aliphatic carbocycles. The molecule has 0 spiro atoms. The molecule has 12 heteroatoms. The molecule has 0 bridgehead atoms. The van der Waals surface area contributed by atoms with Crippen LogP contribution in [0.25, 0.3) is 0 Å². The molecule has 3 atom stereocenters. The molecular weight excluding hydrogens is 643 g/mol. The third-order valence-electron chi connectivity index (χ3n) is 7.49. The van der Waals surface area contributed by atoms with Crippen molar-refractivity contribution in [2.75, 3.05) is 11.4 Å². The van der Waals surface area contributed by atoms with Crippen molar-refractivity contribution in [1.82, 2.24) is 4.90 Å². The minimum absolute atomic E-state index is 0.0292. The van der Waals surface area contributed by atoms with E-state index in [1.807, 2.05) is 0 Å². The van der Waals surface area contributed by atoms with Crippen LogP contribution in [-0.4, -0.2) is 46.6 Å². The quantitative estimate of drug-likeness (QED) is 0.109. The smallest absolute Gasteiger partial charge is 0.386 e. The second-order valence-corrected chi connectivity index (χ2v) is 11.3. The molecule has 4 aromatic rings. The summed E-state index contributed by atoms with van der Waals surface area (Å²) in [6.45, 7) is 0.175. The van der Waals surface area contributed by atoms with Crippen LogP contribution >= 0.6 is 12.6 Å². The summed E-state index contributed by atoms with van der Waals surface area (Å²) in [5.74, 6) is 0.287. The molecule has 3 unspecified atom stereocenters. The molecule has 0 fully saturated rings. The lowest BCUT2D eigenvalue weighted by Crippen LogP contribution is -2.44. The number of fused-ring (bicyclic) bond motifs is 1. The Kier molecular flexibility index (Phi) is 10.3. The van der Waals surface area contributed by atoms with Gasteiger partial charge in [0.25, 0.3) is 11.8 Å². The van der Waals surface area contributed by atoms with Gasteiger partial charge in [0.05, 0.1) is 29.0 Å². The Hall–Kier alpha value is -5.38. The summed E-state index contributed by atoms with van der Waals surface area (Å²) in [5, 5.41) is -0.450. The lowest BCUT2D eigenvalue weighted by molar-refractivity contribution is -0.202. The number of thiol groups is 1. The first kappa shape index (κ1) is 34.0. The number of carbonyl (C=O) groups is 4. The van der Waals surface area contributed by atoms with E-state index in [1.54, 1.807) is 103 Å².